The van der Waals surface area contributed by atoms with Crippen molar-refractivity contribution in [3.8, 4) is 0 Å². The predicted octanol–water partition coefficient (Wildman–Crippen LogP) is 2.46. The fraction of sp³-hybridized carbons (Fsp3) is 0.545. The van der Waals surface area contributed by atoms with Crippen LogP contribution in [0.15, 0.2) is 23.8 Å². The molecular formula is C11H16O2. The molecule has 0 unspecified atom stereocenters. The summed E-state index contributed by atoms with van der Waals surface area (Å²) in [5, 5.41) is 0. The van der Waals surface area contributed by atoms with Gasteiger partial charge in [0.1, 0.15) is 0 Å². The van der Waals surface area contributed by atoms with E-state index in [1.165, 1.54) is 5.57 Å². The topological polar surface area (TPSA) is 26.3 Å². The molecule has 1 aliphatic carbocycles. The van der Waals surface area contributed by atoms with Crippen molar-refractivity contribution in [2.24, 2.45) is 5.92 Å². The van der Waals surface area contributed by atoms with E-state index in [9.17, 15) is 4.79 Å². The number of esters is 1. The Morgan fingerprint density at radius 1 is 1.62 bits per heavy atom. The lowest BCUT2D eigenvalue weighted by atomic mass is 10.2. The van der Waals surface area contributed by atoms with Crippen LogP contribution < -0.4 is 0 Å². The number of hydrogen-bond acceptors (Lipinski definition) is 2. The van der Waals surface area contributed by atoms with Crippen molar-refractivity contribution in [2.45, 2.75) is 26.7 Å². The molecule has 1 aliphatic rings. The second-order valence-electron chi connectivity index (χ2n) is 3.49. The molecule has 2 heteroatoms. The van der Waals surface area contributed by atoms with E-state index in [0.717, 1.165) is 12.8 Å². The van der Waals surface area contributed by atoms with Gasteiger partial charge < -0.3 is 4.74 Å². The van der Waals surface area contributed by atoms with Gasteiger partial charge in [-0.3, -0.25) is 4.79 Å². The van der Waals surface area contributed by atoms with Gasteiger partial charge in [0.05, 0.1) is 12.5 Å². The monoisotopic (exact) mass is 180 g/mol. The van der Waals surface area contributed by atoms with E-state index in [1.54, 1.807) is 0 Å². The van der Waals surface area contributed by atoms with Crippen molar-refractivity contribution in [2.75, 3.05) is 6.61 Å². The van der Waals surface area contributed by atoms with Crippen LogP contribution in [-0.4, -0.2) is 12.6 Å². The molecule has 0 fully saturated rings. The lowest BCUT2D eigenvalue weighted by Gasteiger charge is -2.06. The number of hydrogen-bond donors (Lipinski definition) is 0. The van der Waals surface area contributed by atoms with E-state index in [2.05, 4.69) is 18.2 Å². The van der Waals surface area contributed by atoms with Gasteiger partial charge in [0.15, 0.2) is 0 Å². The number of ether oxygens (including phenoxy) is 1. The third-order valence-electron chi connectivity index (χ3n) is 1.95. The molecular weight excluding hydrogens is 164 g/mol. The molecule has 0 bridgehead atoms. The molecule has 0 N–H and O–H groups in total. The highest BCUT2D eigenvalue weighted by molar-refractivity contribution is 5.71. The average Bonchev–Trinajstić information content (AvgIpc) is 2.56. The van der Waals surface area contributed by atoms with Gasteiger partial charge in [-0.15, -0.1) is 0 Å². The Balaban J connectivity index is 2.14. The van der Waals surface area contributed by atoms with Crippen LogP contribution in [0.2, 0.25) is 0 Å². The second kappa shape index (κ2) is 4.85. The number of rotatable bonds is 4. The summed E-state index contributed by atoms with van der Waals surface area (Å²) in [6.07, 6.45) is 8.22. The SMILES string of the molecule is CC(C)C(=O)OCCC1=CCC=C1. The van der Waals surface area contributed by atoms with Crippen molar-refractivity contribution in [3.63, 3.8) is 0 Å². The smallest absolute Gasteiger partial charge is 0.308 e. The molecule has 0 saturated heterocycles. The van der Waals surface area contributed by atoms with Crippen LogP contribution in [0.1, 0.15) is 26.7 Å². The van der Waals surface area contributed by atoms with Crippen LogP contribution >= 0.6 is 0 Å². The van der Waals surface area contributed by atoms with Crippen LogP contribution in [0.5, 0.6) is 0 Å². The summed E-state index contributed by atoms with van der Waals surface area (Å²) in [5.41, 5.74) is 1.27. The Labute approximate surface area is 79.3 Å². The highest BCUT2D eigenvalue weighted by atomic mass is 16.5. The van der Waals surface area contributed by atoms with E-state index in [0.29, 0.717) is 6.61 Å². The van der Waals surface area contributed by atoms with Crippen LogP contribution in [0, 0.1) is 5.92 Å². The minimum Gasteiger partial charge on any atom is -0.465 e. The predicted molar refractivity (Wildman–Crippen MR) is 52.3 cm³/mol. The Hall–Kier alpha value is -1.05. The first-order valence-corrected chi connectivity index (χ1v) is 4.72. The van der Waals surface area contributed by atoms with E-state index in [-0.39, 0.29) is 11.9 Å². The maximum atomic E-state index is 11.1. The Kier molecular flexibility index (Phi) is 3.74. The summed E-state index contributed by atoms with van der Waals surface area (Å²) in [4.78, 5) is 11.1. The first kappa shape index (κ1) is 10.0. The molecule has 1 rings (SSSR count). The molecule has 72 valence electrons. The summed E-state index contributed by atoms with van der Waals surface area (Å²) >= 11 is 0. The van der Waals surface area contributed by atoms with Gasteiger partial charge in [-0.05, 0) is 12.0 Å². The van der Waals surface area contributed by atoms with Crippen LogP contribution in [-0.2, 0) is 9.53 Å². The first-order chi connectivity index (χ1) is 6.20. The molecule has 0 spiro atoms. The van der Waals surface area contributed by atoms with Crippen molar-refractivity contribution < 1.29 is 9.53 Å². The van der Waals surface area contributed by atoms with Gasteiger partial charge >= 0.3 is 5.97 Å². The molecule has 0 aromatic carbocycles. The van der Waals surface area contributed by atoms with Gasteiger partial charge in [-0.1, -0.05) is 32.1 Å². The summed E-state index contributed by atoms with van der Waals surface area (Å²) in [5.74, 6) is -0.129. The molecule has 2 nitrogen and oxygen atoms in total. The number of allylic oxidation sites excluding steroid dienone is 3. The summed E-state index contributed by atoms with van der Waals surface area (Å²) in [7, 11) is 0. The van der Waals surface area contributed by atoms with E-state index in [4.69, 9.17) is 4.74 Å². The highest BCUT2D eigenvalue weighted by Crippen LogP contribution is 2.12. The minimum absolute atomic E-state index is 0.0203. The largest absolute Gasteiger partial charge is 0.465 e. The van der Waals surface area contributed by atoms with Crippen LogP contribution in [0.3, 0.4) is 0 Å². The molecule has 0 amide bonds. The summed E-state index contributed by atoms with van der Waals surface area (Å²) in [6, 6.07) is 0. The van der Waals surface area contributed by atoms with E-state index >= 15 is 0 Å². The second-order valence-corrected chi connectivity index (χ2v) is 3.49. The van der Waals surface area contributed by atoms with Gasteiger partial charge in [0.25, 0.3) is 0 Å². The molecule has 0 aliphatic heterocycles. The van der Waals surface area contributed by atoms with Crippen LogP contribution in [0.25, 0.3) is 0 Å². The zero-order valence-electron chi connectivity index (χ0n) is 8.25. The lowest BCUT2D eigenvalue weighted by Crippen LogP contribution is -2.12. The Morgan fingerprint density at radius 3 is 2.92 bits per heavy atom. The fourth-order valence-electron chi connectivity index (χ4n) is 1.13. The standard InChI is InChI=1S/C11H16O2/c1-9(2)11(12)13-8-7-10-5-3-4-6-10/h3,5-6,9H,4,7-8H2,1-2H3. The van der Waals surface area contributed by atoms with Crippen molar-refractivity contribution in [1.82, 2.24) is 0 Å². The number of carbonyl (C=O) groups is 1. The molecule has 0 aromatic heterocycles. The van der Waals surface area contributed by atoms with E-state index in [1.807, 2.05) is 13.8 Å². The Bertz CT molecular complexity index is 236. The third-order valence-corrected chi connectivity index (χ3v) is 1.95. The van der Waals surface area contributed by atoms with Crippen LogP contribution in [0.4, 0.5) is 0 Å². The molecule has 0 atom stereocenters. The van der Waals surface area contributed by atoms with Crippen molar-refractivity contribution in [1.29, 1.82) is 0 Å². The number of carbonyl (C=O) groups excluding carboxylic acids is 1. The zero-order chi connectivity index (χ0) is 9.68. The van der Waals surface area contributed by atoms with E-state index < -0.39 is 0 Å². The molecule has 0 heterocycles. The molecule has 0 radical (unpaired) electrons. The maximum absolute atomic E-state index is 11.1. The summed E-state index contributed by atoms with van der Waals surface area (Å²) in [6.45, 7) is 4.20. The summed E-state index contributed by atoms with van der Waals surface area (Å²) < 4.78 is 5.05. The fourth-order valence-corrected chi connectivity index (χ4v) is 1.13. The zero-order valence-corrected chi connectivity index (χ0v) is 8.25. The van der Waals surface area contributed by atoms with Gasteiger partial charge in [0.2, 0.25) is 0 Å². The molecule has 13 heavy (non-hydrogen) atoms. The normalized spacial score (nSPS) is 14.8. The Morgan fingerprint density at radius 2 is 2.38 bits per heavy atom. The molecule has 0 saturated carbocycles. The highest BCUT2D eigenvalue weighted by Gasteiger charge is 2.07. The maximum Gasteiger partial charge on any atom is 0.308 e. The van der Waals surface area contributed by atoms with Gasteiger partial charge in [-0.2, -0.15) is 0 Å². The first-order valence-electron chi connectivity index (χ1n) is 4.72. The molecule has 0 aromatic rings. The van der Waals surface area contributed by atoms with Gasteiger partial charge in [-0.25, -0.2) is 0 Å². The minimum atomic E-state index is -0.109. The van der Waals surface area contributed by atoms with Gasteiger partial charge in [0, 0.05) is 6.42 Å². The van der Waals surface area contributed by atoms with Crippen molar-refractivity contribution in [3.05, 3.63) is 23.8 Å². The van der Waals surface area contributed by atoms with Crippen molar-refractivity contribution >= 4 is 5.97 Å². The average molecular weight is 180 g/mol. The third kappa shape index (κ3) is 3.45. The lowest BCUT2D eigenvalue weighted by molar-refractivity contribution is -0.147. The quantitative estimate of drug-likeness (QED) is 0.621.